The summed E-state index contributed by atoms with van der Waals surface area (Å²) in [6, 6.07) is 0.158. The zero-order valence-electron chi connectivity index (χ0n) is 13.5. The van der Waals surface area contributed by atoms with Gasteiger partial charge in [0, 0.05) is 25.2 Å². The van der Waals surface area contributed by atoms with Crippen LogP contribution in [-0.4, -0.2) is 58.1 Å². The first-order valence-corrected chi connectivity index (χ1v) is 8.50. The summed E-state index contributed by atoms with van der Waals surface area (Å²) in [5.74, 6) is -1.02. The van der Waals surface area contributed by atoms with Crippen LogP contribution >= 0.6 is 0 Å². The Labute approximate surface area is 139 Å². The monoisotopic (exact) mass is 334 g/mol. The van der Waals surface area contributed by atoms with Crippen molar-refractivity contribution < 1.29 is 19.4 Å². The van der Waals surface area contributed by atoms with E-state index < -0.39 is 11.4 Å². The molecule has 3 aliphatic rings. The number of carboxylic acids is 1. The number of carbonyl (C=O) groups excluding carboxylic acids is 1. The van der Waals surface area contributed by atoms with Gasteiger partial charge in [0.15, 0.2) is 0 Å². The third-order valence-electron chi connectivity index (χ3n) is 5.64. The number of ether oxygens (including phenoxy) is 1. The first kappa shape index (κ1) is 15.4. The maximum atomic E-state index is 12.5. The number of carboxylic acid groups (broad SMARTS) is 1. The quantitative estimate of drug-likeness (QED) is 0.874. The van der Waals surface area contributed by atoms with Gasteiger partial charge in [0.1, 0.15) is 5.41 Å². The van der Waals surface area contributed by atoms with Gasteiger partial charge in [-0.15, -0.1) is 0 Å². The number of hydrogen-bond donors (Lipinski definition) is 2. The summed E-state index contributed by atoms with van der Waals surface area (Å²) in [6.45, 7) is 1.18. The second kappa shape index (κ2) is 5.77. The molecule has 0 spiro atoms. The van der Waals surface area contributed by atoms with E-state index in [1.807, 2.05) is 10.9 Å². The fourth-order valence-electron chi connectivity index (χ4n) is 4.17. The molecule has 2 aliphatic heterocycles. The van der Waals surface area contributed by atoms with Gasteiger partial charge in [-0.2, -0.15) is 5.10 Å². The minimum Gasteiger partial charge on any atom is -0.481 e. The summed E-state index contributed by atoms with van der Waals surface area (Å²) < 4.78 is 7.25. The zero-order valence-corrected chi connectivity index (χ0v) is 13.5. The molecule has 2 saturated heterocycles. The van der Waals surface area contributed by atoms with Gasteiger partial charge in [-0.05, 0) is 12.8 Å². The lowest BCUT2D eigenvalue weighted by Crippen LogP contribution is -2.41. The molecule has 3 fully saturated rings. The van der Waals surface area contributed by atoms with E-state index in [4.69, 9.17) is 4.74 Å². The Bertz CT molecular complexity index is 654. The lowest BCUT2D eigenvalue weighted by molar-refractivity contribution is -0.149. The van der Waals surface area contributed by atoms with E-state index in [9.17, 15) is 14.7 Å². The topological polar surface area (TPSA) is 96.7 Å². The number of anilines is 1. The second-order valence-corrected chi connectivity index (χ2v) is 7.13. The van der Waals surface area contributed by atoms with Gasteiger partial charge in [0.2, 0.25) is 0 Å². The van der Waals surface area contributed by atoms with Crippen LogP contribution in [0.15, 0.2) is 12.4 Å². The van der Waals surface area contributed by atoms with Crippen LogP contribution in [0.1, 0.15) is 31.7 Å². The Balaban J connectivity index is 1.41. The van der Waals surface area contributed by atoms with Gasteiger partial charge < -0.3 is 20.1 Å². The lowest BCUT2D eigenvalue weighted by atomic mass is 9.81. The predicted octanol–water partition coefficient (Wildman–Crippen LogP) is 1.56. The minimum atomic E-state index is -0.953. The van der Waals surface area contributed by atoms with Crippen molar-refractivity contribution in [2.45, 2.75) is 31.7 Å². The number of fused-ring (bicyclic) bond motifs is 1. The van der Waals surface area contributed by atoms with Gasteiger partial charge in [-0.3, -0.25) is 9.48 Å². The van der Waals surface area contributed by atoms with Crippen LogP contribution in [0, 0.1) is 11.3 Å². The summed E-state index contributed by atoms with van der Waals surface area (Å²) in [7, 11) is 0. The number of nitrogens with zero attached hydrogens (tertiary/aromatic N) is 3. The molecule has 8 heteroatoms. The number of amides is 2. The van der Waals surface area contributed by atoms with Crippen LogP contribution in [0.4, 0.5) is 10.5 Å². The van der Waals surface area contributed by atoms with Crippen molar-refractivity contribution in [2.75, 3.05) is 31.6 Å². The Morgan fingerprint density at radius 2 is 2.17 bits per heavy atom. The van der Waals surface area contributed by atoms with Gasteiger partial charge in [-0.25, -0.2) is 4.79 Å². The Morgan fingerprint density at radius 3 is 2.88 bits per heavy atom. The smallest absolute Gasteiger partial charge is 0.321 e. The van der Waals surface area contributed by atoms with Crippen molar-refractivity contribution in [3.05, 3.63) is 12.4 Å². The molecule has 8 nitrogen and oxygen atoms in total. The Morgan fingerprint density at radius 1 is 1.38 bits per heavy atom. The molecule has 0 aromatic carbocycles. The number of urea groups is 1. The molecule has 0 radical (unpaired) electrons. The van der Waals surface area contributed by atoms with E-state index in [-0.39, 0.29) is 25.1 Å². The number of carbonyl (C=O) groups is 2. The molecule has 24 heavy (non-hydrogen) atoms. The molecule has 1 aromatic heterocycles. The van der Waals surface area contributed by atoms with Gasteiger partial charge >= 0.3 is 12.0 Å². The van der Waals surface area contributed by atoms with Gasteiger partial charge in [-0.1, -0.05) is 12.8 Å². The molecule has 3 heterocycles. The molecule has 1 aliphatic carbocycles. The maximum Gasteiger partial charge on any atom is 0.321 e. The normalized spacial score (nSPS) is 29.8. The van der Waals surface area contributed by atoms with Crippen LogP contribution in [0.2, 0.25) is 0 Å². The third kappa shape index (κ3) is 2.45. The first-order valence-electron chi connectivity index (χ1n) is 8.50. The number of hydrogen-bond acceptors (Lipinski definition) is 4. The van der Waals surface area contributed by atoms with Crippen LogP contribution in [-0.2, 0) is 9.53 Å². The molecular weight excluding hydrogens is 312 g/mol. The van der Waals surface area contributed by atoms with Crippen LogP contribution < -0.4 is 5.32 Å². The van der Waals surface area contributed by atoms with E-state index in [0.717, 1.165) is 12.8 Å². The molecule has 1 aromatic rings. The SMILES string of the molecule is O=C(Nc1cnn(C2CCCC2)c1)N1C[C@@H]2COC[C@]2(C(=O)O)C1. The number of aliphatic carboxylic acids is 1. The van der Waals surface area contributed by atoms with Gasteiger partial charge in [0.25, 0.3) is 0 Å². The molecule has 2 N–H and O–H groups in total. The van der Waals surface area contributed by atoms with Crippen molar-refractivity contribution in [2.24, 2.45) is 11.3 Å². The molecule has 0 bridgehead atoms. The Hall–Kier alpha value is -2.09. The predicted molar refractivity (Wildman–Crippen MR) is 84.7 cm³/mol. The summed E-state index contributed by atoms with van der Waals surface area (Å²) in [6.07, 6.45) is 8.22. The summed E-state index contributed by atoms with van der Waals surface area (Å²) in [5.41, 5.74) is -0.296. The average molecular weight is 334 g/mol. The molecule has 0 unspecified atom stereocenters. The minimum absolute atomic E-state index is 0.137. The number of rotatable bonds is 3. The van der Waals surface area contributed by atoms with Crippen molar-refractivity contribution in [3.8, 4) is 0 Å². The highest BCUT2D eigenvalue weighted by Gasteiger charge is 2.57. The van der Waals surface area contributed by atoms with Crippen molar-refractivity contribution in [3.63, 3.8) is 0 Å². The van der Waals surface area contributed by atoms with Crippen LogP contribution in [0.5, 0.6) is 0 Å². The average Bonchev–Trinajstić information content (AvgIpc) is 3.30. The summed E-state index contributed by atoms with van der Waals surface area (Å²) >= 11 is 0. The highest BCUT2D eigenvalue weighted by molar-refractivity contribution is 5.90. The van der Waals surface area contributed by atoms with E-state index in [2.05, 4.69) is 10.4 Å². The first-order chi connectivity index (χ1) is 11.6. The lowest BCUT2D eigenvalue weighted by Gasteiger charge is -2.21. The van der Waals surface area contributed by atoms with Crippen molar-refractivity contribution in [1.82, 2.24) is 14.7 Å². The van der Waals surface area contributed by atoms with Crippen LogP contribution in [0.25, 0.3) is 0 Å². The van der Waals surface area contributed by atoms with Crippen molar-refractivity contribution in [1.29, 1.82) is 0 Å². The zero-order chi connectivity index (χ0) is 16.7. The standard InChI is InChI=1S/C16H22N4O4/c21-14(22)16-9-19(6-11(16)8-24-10-16)15(23)18-12-5-17-20(7-12)13-3-1-2-4-13/h5,7,11,13H,1-4,6,8-10H2,(H,18,23)(H,21,22)/t11-,16-/m1/s1. The Kier molecular flexibility index (Phi) is 3.71. The fourth-order valence-corrected chi connectivity index (χ4v) is 4.17. The molecule has 2 amide bonds. The summed E-state index contributed by atoms with van der Waals surface area (Å²) in [5, 5.41) is 16.7. The highest BCUT2D eigenvalue weighted by atomic mass is 16.5. The summed E-state index contributed by atoms with van der Waals surface area (Å²) in [4.78, 5) is 25.7. The molecule has 130 valence electrons. The maximum absolute atomic E-state index is 12.5. The number of nitrogens with one attached hydrogen (secondary N) is 1. The second-order valence-electron chi connectivity index (χ2n) is 7.13. The molecular formula is C16H22N4O4. The fraction of sp³-hybridized carbons (Fsp3) is 0.688. The van der Waals surface area contributed by atoms with E-state index in [0.29, 0.717) is 24.9 Å². The molecule has 2 atom stereocenters. The third-order valence-corrected chi connectivity index (χ3v) is 5.64. The molecule has 1 saturated carbocycles. The van der Waals surface area contributed by atoms with E-state index in [1.165, 1.54) is 12.8 Å². The van der Waals surface area contributed by atoms with Crippen molar-refractivity contribution >= 4 is 17.7 Å². The largest absolute Gasteiger partial charge is 0.481 e. The number of likely N-dealkylation sites (tertiary alicyclic amines) is 1. The number of aromatic nitrogens is 2. The van der Waals surface area contributed by atoms with E-state index in [1.54, 1.807) is 11.1 Å². The molecule has 4 rings (SSSR count). The highest BCUT2D eigenvalue weighted by Crippen LogP contribution is 2.41. The van der Waals surface area contributed by atoms with Gasteiger partial charge in [0.05, 0.1) is 31.1 Å². The van der Waals surface area contributed by atoms with Crippen LogP contribution in [0.3, 0.4) is 0 Å². The van der Waals surface area contributed by atoms with E-state index >= 15 is 0 Å².